The summed E-state index contributed by atoms with van der Waals surface area (Å²) >= 11 is 1.50. The molecule has 0 unspecified atom stereocenters. The maximum Gasteiger partial charge on any atom is -1.00 e. The van der Waals surface area contributed by atoms with Crippen LogP contribution >= 0.6 is 0 Å². The van der Waals surface area contributed by atoms with Crippen molar-refractivity contribution in [3.8, 4) is 33.4 Å². The van der Waals surface area contributed by atoms with Gasteiger partial charge >= 0.3 is 273 Å². The second-order valence-corrected chi connectivity index (χ2v) is 17.8. The van der Waals surface area contributed by atoms with Crippen molar-refractivity contribution >= 4 is 3.27 Å². The molecule has 0 saturated heterocycles. The number of rotatable bonds is 2. The van der Waals surface area contributed by atoms with E-state index in [1.807, 2.05) is 0 Å². The van der Waals surface area contributed by atoms with Gasteiger partial charge in [-0.05, 0) is 0 Å². The van der Waals surface area contributed by atoms with Crippen molar-refractivity contribution in [1.29, 1.82) is 0 Å². The number of hydrogen-bond donors (Lipinski definition) is 0. The van der Waals surface area contributed by atoms with Crippen LogP contribution in [-0.4, -0.2) is 0 Å². The van der Waals surface area contributed by atoms with E-state index in [1.54, 1.807) is 0 Å². The number of fused-ring (bicyclic) bond motifs is 3. The van der Waals surface area contributed by atoms with E-state index in [2.05, 4.69) is 150 Å². The van der Waals surface area contributed by atoms with Crippen molar-refractivity contribution < 1.29 is 49.5 Å². The Bertz CT molecular complexity index is 1680. The van der Waals surface area contributed by atoms with E-state index in [0.29, 0.717) is 0 Å². The zero-order valence-corrected chi connectivity index (χ0v) is 32.8. The van der Waals surface area contributed by atoms with Gasteiger partial charge in [0, 0.05) is 0 Å². The van der Waals surface area contributed by atoms with E-state index >= 15 is 0 Å². The summed E-state index contributed by atoms with van der Waals surface area (Å²) in [5.74, 6) is 0. The van der Waals surface area contributed by atoms with Gasteiger partial charge in [-0.15, -0.1) is 0 Å². The van der Waals surface area contributed by atoms with Crippen molar-refractivity contribution in [2.24, 2.45) is 0 Å². The van der Waals surface area contributed by atoms with Gasteiger partial charge in [-0.1, -0.05) is 0 Å². The molecule has 4 aromatic carbocycles. The van der Waals surface area contributed by atoms with Crippen molar-refractivity contribution in [2.45, 2.75) is 111 Å². The largest absolute Gasteiger partial charge is 1.00 e. The third-order valence-electron chi connectivity index (χ3n) is 8.98. The second-order valence-electron chi connectivity index (χ2n) is 16.5. The average Bonchev–Trinajstić information content (AvgIpc) is 3.24. The molecule has 0 amide bonds. The molecule has 1 aliphatic rings. The molecule has 3 heteroatoms. The minimum Gasteiger partial charge on any atom is -1.00 e. The van der Waals surface area contributed by atoms with Gasteiger partial charge in [-0.25, -0.2) is 0 Å². The van der Waals surface area contributed by atoms with E-state index in [0.717, 1.165) is 6.42 Å². The van der Waals surface area contributed by atoms with E-state index in [9.17, 15) is 0 Å². The molecular weight excluding hydrogens is 655 g/mol. The Morgan fingerprint density at radius 3 is 1.39 bits per heavy atom. The number of halogens is 2. The molecule has 0 saturated carbocycles. The quantitative estimate of drug-likeness (QED) is 0.244. The van der Waals surface area contributed by atoms with Gasteiger partial charge in [0.25, 0.3) is 0 Å². The monoisotopic (exact) mass is 701 g/mol. The molecule has 5 rings (SSSR count). The minimum absolute atomic E-state index is 0. The van der Waals surface area contributed by atoms with E-state index in [4.69, 9.17) is 0 Å². The molecule has 0 heterocycles. The van der Waals surface area contributed by atoms with Gasteiger partial charge < -0.3 is 24.8 Å². The Kier molecular flexibility index (Phi) is 10.5. The summed E-state index contributed by atoms with van der Waals surface area (Å²) in [6.07, 6.45) is 1.01. The van der Waals surface area contributed by atoms with Crippen molar-refractivity contribution in [3.05, 3.63) is 100 Å². The van der Waals surface area contributed by atoms with Crippen LogP contribution in [0.15, 0.2) is 66.7 Å². The molecule has 0 aromatic heterocycles. The summed E-state index contributed by atoms with van der Waals surface area (Å²) in [7, 11) is 0. The van der Waals surface area contributed by atoms with Crippen LogP contribution < -0.4 is 28.1 Å². The zero-order chi connectivity index (χ0) is 31.0. The van der Waals surface area contributed by atoms with Crippen LogP contribution in [0.4, 0.5) is 0 Å². The summed E-state index contributed by atoms with van der Waals surface area (Å²) in [4.78, 5) is 0. The molecule has 0 radical (unpaired) electrons. The van der Waals surface area contributed by atoms with Gasteiger partial charge in [-0.2, -0.15) is 0 Å². The standard InChI is InChI=1S/C41H49.2ClH.Zr/c1-38(2,3)34-19-15-13-17-28(34)32-22-26-21-27-23-33(29-18-14-16-20-35(29)39(4,5)6)37(41(10,11)12)25-31(27)30(26)24-36(32)40(7,8)9;;;/h13-20,22,24-25H,21H2,1-12H3;2*1H;/q;;;+2/p-2. The van der Waals surface area contributed by atoms with Crippen LogP contribution in [0.3, 0.4) is 0 Å². The van der Waals surface area contributed by atoms with E-state index in [1.165, 1.54) is 94.8 Å². The fraction of sp³-hybridized carbons (Fsp3) is 0.415. The molecule has 0 aliphatic heterocycles. The first-order chi connectivity index (χ1) is 19.3. The van der Waals surface area contributed by atoms with Crippen molar-refractivity contribution in [3.63, 3.8) is 0 Å². The van der Waals surface area contributed by atoms with Gasteiger partial charge in [-0.3, -0.25) is 0 Å². The van der Waals surface area contributed by atoms with Gasteiger partial charge in [0.2, 0.25) is 0 Å². The number of benzene rings is 4. The predicted octanol–water partition coefficient (Wildman–Crippen LogP) is 4.96. The first-order valence-electron chi connectivity index (χ1n) is 15.6. The molecule has 44 heavy (non-hydrogen) atoms. The molecule has 1 aliphatic carbocycles. The van der Waals surface area contributed by atoms with Crippen molar-refractivity contribution in [1.82, 2.24) is 0 Å². The Morgan fingerprint density at radius 2 is 0.886 bits per heavy atom. The van der Waals surface area contributed by atoms with E-state index in [-0.39, 0.29) is 46.5 Å². The summed E-state index contributed by atoms with van der Waals surface area (Å²) in [6.45, 7) is 28.3. The van der Waals surface area contributed by atoms with Crippen LogP contribution in [0.5, 0.6) is 0 Å². The molecule has 4 aromatic rings. The summed E-state index contributed by atoms with van der Waals surface area (Å²) < 4.78 is 1.53. The van der Waals surface area contributed by atoms with Crippen LogP contribution in [0.1, 0.15) is 116 Å². The normalized spacial score (nSPS) is 13.1. The van der Waals surface area contributed by atoms with Crippen LogP contribution in [0, 0.1) is 0 Å². The maximum absolute atomic E-state index is 2.57. The van der Waals surface area contributed by atoms with Gasteiger partial charge in [0.1, 0.15) is 0 Å². The van der Waals surface area contributed by atoms with Crippen LogP contribution in [-0.2, 0) is 52.8 Å². The Hall–Kier alpha value is -1.66. The Balaban J connectivity index is 0.00000264. The van der Waals surface area contributed by atoms with Crippen LogP contribution in [0.2, 0.25) is 0 Å². The smallest absolute Gasteiger partial charge is 1.00 e. The van der Waals surface area contributed by atoms with Crippen LogP contribution in [0.25, 0.3) is 33.4 Å². The average molecular weight is 704 g/mol. The first-order valence-corrected chi connectivity index (χ1v) is 16.8. The van der Waals surface area contributed by atoms with Gasteiger partial charge in [0.05, 0.1) is 0 Å². The molecule has 0 N–H and O–H groups in total. The minimum atomic E-state index is 0. The van der Waals surface area contributed by atoms with E-state index < -0.39 is 0 Å². The Labute approximate surface area is 295 Å². The Morgan fingerprint density at radius 1 is 0.455 bits per heavy atom. The molecule has 0 spiro atoms. The molecule has 0 fully saturated rings. The SMILES string of the molecule is CC(C)(C)c1ccccc1-c1cc2c(cc1C(C)(C)C)-c1cc(C(C)(C)C)c(-c3ccccc3C(C)(C)C)[c]([Zr+2])c1C2.[Cl-].[Cl-]. The fourth-order valence-electron chi connectivity index (χ4n) is 6.82. The summed E-state index contributed by atoms with van der Waals surface area (Å²) in [5, 5.41) is 0. The summed E-state index contributed by atoms with van der Waals surface area (Å²) in [5.41, 5.74) is 17.6. The molecule has 0 nitrogen and oxygen atoms in total. The maximum atomic E-state index is 2.57. The molecular formula is C41H49Cl2Zr. The topological polar surface area (TPSA) is 0 Å². The summed E-state index contributed by atoms with van der Waals surface area (Å²) in [6, 6.07) is 25.9. The first kappa shape index (κ1) is 36.8. The fourth-order valence-corrected chi connectivity index (χ4v) is 8.03. The third kappa shape index (κ3) is 6.73. The van der Waals surface area contributed by atoms with Crippen molar-refractivity contribution in [2.75, 3.05) is 0 Å². The second kappa shape index (κ2) is 12.5. The molecule has 231 valence electrons. The zero-order valence-electron chi connectivity index (χ0n) is 28.8. The molecule has 0 bridgehead atoms. The van der Waals surface area contributed by atoms with Gasteiger partial charge in [0.15, 0.2) is 0 Å². The molecule has 0 atom stereocenters. The predicted molar refractivity (Wildman–Crippen MR) is 180 cm³/mol. The third-order valence-corrected chi connectivity index (χ3v) is 10.3. The number of hydrogen-bond acceptors (Lipinski definition) is 0.